The Kier molecular flexibility index (Phi) is 3.50. The zero-order chi connectivity index (χ0) is 11.7. The first-order valence-electron chi connectivity index (χ1n) is 6.30. The van der Waals surface area contributed by atoms with Gasteiger partial charge in [-0.3, -0.25) is 9.69 Å². The van der Waals surface area contributed by atoms with Crippen molar-refractivity contribution in [1.82, 2.24) is 10.2 Å². The fraction of sp³-hybridized carbons (Fsp3) is 0.917. The molecule has 4 heteroatoms. The minimum Gasteiger partial charge on any atom is -0.480 e. The highest BCUT2D eigenvalue weighted by atomic mass is 16.4. The third-order valence-corrected chi connectivity index (χ3v) is 3.88. The molecule has 2 aliphatic heterocycles. The van der Waals surface area contributed by atoms with E-state index in [0.717, 1.165) is 25.9 Å². The third kappa shape index (κ3) is 2.38. The van der Waals surface area contributed by atoms with E-state index in [0.29, 0.717) is 11.8 Å². The molecule has 0 saturated carbocycles. The number of likely N-dealkylation sites (tertiary alicyclic amines) is 1. The van der Waals surface area contributed by atoms with Crippen molar-refractivity contribution >= 4 is 5.97 Å². The van der Waals surface area contributed by atoms with E-state index in [2.05, 4.69) is 24.1 Å². The minimum absolute atomic E-state index is 0.273. The number of piperidine rings is 1. The Bertz CT molecular complexity index is 270. The molecule has 92 valence electrons. The number of nitrogens with zero attached hydrogens (tertiary/aromatic N) is 1. The monoisotopic (exact) mass is 226 g/mol. The summed E-state index contributed by atoms with van der Waals surface area (Å²) in [6, 6.07) is -0.280. The molecule has 4 nitrogen and oxygen atoms in total. The first kappa shape index (κ1) is 11.9. The van der Waals surface area contributed by atoms with Gasteiger partial charge in [0.2, 0.25) is 0 Å². The predicted molar refractivity (Wildman–Crippen MR) is 62.1 cm³/mol. The Balaban J connectivity index is 2.03. The first-order chi connectivity index (χ1) is 7.58. The molecule has 2 heterocycles. The zero-order valence-corrected chi connectivity index (χ0v) is 10.1. The Morgan fingerprint density at radius 1 is 1.31 bits per heavy atom. The molecule has 2 N–H and O–H groups in total. The normalized spacial score (nSPS) is 41.1. The lowest BCUT2D eigenvalue weighted by Crippen LogP contribution is -2.53. The molecule has 0 radical (unpaired) electrons. The summed E-state index contributed by atoms with van der Waals surface area (Å²) in [7, 11) is 0. The van der Waals surface area contributed by atoms with E-state index in [1.54, 1.807) is 0 Å². The van der Waals surface area contributed by atoms with Crippen molar-refractivity contribution in [2.75, 3.05) is 13.1 Å². The van der Waals surface area contributed by atoms with Crippen molar-refractivity contribution in [1.29, 1.82) is 0 Å². The molecule has 0 aromatic heterocycles. The van der Waals surface area contributed by atoms with Crippen LogP contribution in [0.5, 0.6) is 0 Å². The van der Waals surface area contributed by atoms with Gasteiger partial charge in [-0.05, 0) is 37.6 Å². The number of carbonyl (C=O) groups is 1. The summed E-state index contributed by atoms with van der Waals surface area (Å²) in [6.45, 7) is 6.33. The largest absolute Gasteiger partial charge is 0.480 e. The summed E-state index contributed by atoms with van der Waals surface area (Å²) in [5.41, 5.74) is 0. The number of carboxylic acid groups (broad SMARTS) is 1. The average Bonchev–Trinajstić information content (AvgIpc) is 2.60. The van der Waals surface area contributed by atoms with Crippen LogP contribution in [0.15, 0.2) is 0 Å². The zero-order valence-electron chi connectivity index (χ0n) is 10.1. The second-order valence-electron chi connectivity index (χ2n) is 5.49. The molecule has 2 aliphatic rings. The van der Waals surface area contributed by atoms with Gasteiger partial charge in [-0.1, -0.05) is 13.8 Å². The molecule has 0 aliphatic carbocycles. The van der Waals surface area contributed by atoms with Crippen molar-refractivity contribution in [2.24, 2.45) is 11.8 Å². The molecular weight excluding hydrogens is 204 g/mol. The van der Waals surface area contributed by atoms with Gasteiger partial charge in [0.05, 0.1) is 6.17 Å². The van der Waals surface area contributed by atoms with Crippen LogP contribution < -0.4 is 5.32 Å². The molecular formula is C12H22N2O2. The van der Waals surface area contributed by atoms with Gasteiger partial charge in [0.25, 0.3) is 0 Å². The topological polar surface area (TPSA) is 52.6 Å². The lowest BCUT2D eigenvalue weighted by Gasteiger charge is -2.37. The van der Waals surface area contributed by atoms with Crippen LogP contribution in [0.1, 0.15) is 33.1 Å². The molecule has 2 fully saturated rings. The molecule has 0 spiro atoms. The Labute approximate surface area is 97.0 Å². The minimum atomic E-state index is -0.663. The van der Waals surface area contributed by atoms with Crippen molar-refractivity contribution in [3.05, 3.63) is 0 Å². The Morgan fingerprint density at radius 2 is 2.06 bits per heavy atom. The molecule has 3 unspecified atom stereocenters. The van der Waals surface area contributed by atoms with Crippen LogP contribution in [0.3, 0.4) is 0 Å². The Morgan fingerprint density at radius 3 is 2.69 bits per heavy atom. The predicted octanol–water partition coefficient (Wildman–Crippen LogP) is 1.13. The summed E-state index contributed by atoms with van der Waals surface area (Å²) in [6.07, 6.45) is 3.35. The quantitative estimate of drug-likeness (QED) is 0.741. The summed E-state index contributed by atoms with van der Waals surface area (Å²) < 4.78 is 0. The van der Waals surface area contributed by atoms with Gasteiger partial charge in [0, 0.05) is 6.54 Å². The SMILES string of the molecule is CC1CCNC(N2CC(C)C[C@H]2C(=O)O)C1. The third-order valence-electron chi connectivity index (χ3n) is 3.88. The van der Waals surface area contributed by atoms with Crippen LogP contribution in [-0.4, -0.2) is 41.3 Å². The van der Waals surface area contributed by atoms with Gasteiger partial charge >= 0.3 is 5.97 Å². The fourth-order valence-corrected chi connectivity index (χ4v) is 3.00. The van der Waals surface area contributed by atoms with E-state index in [1.165, 1.54) is 6.42 Å². The number of hydrogen-bond acceptors (Lipinski definition) is 3. The van der Waals surface area contributed by atoms with E-state index in [1.807, 2.05) is 0 Å². The molecule has 0 amide bonds. The van der Waals surface area contributed by atoms with Crippen molar-refractivity contribution in [2.45, 2.75) is 45.3 Å². The smallest absolute Gasteiger partial charge is 0.320 e. The van der Waals surface area contributed by atoms with Crippen LogP contribution >= 0.6 is 0 Å². The summed E-state index contributed by atoms with van der Waals surface area (Å²) in [5, 5.41) is 12.7. The van der Waals surface area contributed by atoms with Crippen LogP contribution in [0.25, 0.3) is 0 Å². The van der Waals surface area contributed by atoms with Gasteiger partial charge in [-0.2, -0.15) is 0 Å². The van der Waals surface area contributed by atoms with Gasteiger partial charge in [0.1, 0.15) is 6.04 Å². The molecule has 2 saturated heterocycles. The van der Waals surface area contributed by atoms with Crippen LogP contribution in [-0.2, 0) is 4.79 Å². The van der Waals surface area contributed by atoms with Crippen molar-refractivity contribution in [3.63, 3.8) is 0 Å². The van der Waals surface area contributed by atoms with E-state index in [-0.39, 0.29) is 12.2 Å². The maximum Gasteiger partial charge on any atom is 0.320 e. The van der Waals surface area contributed by atoms with Crippen molar-refractivity contribution in [3.8, 4) is 0 Å². The lowest BCUT2D eigenvalue weighted by atomic mass is 9.97. The standard InChI is InChI=1S/C12H22N2O2/c1-8-3-4-13-11(6-8)14-7-9(2)5-10(14)12(15)16/h8-11,13H,3-7H2,1-2H3,(H,15,16)/t8?,9?,10-,11?/m0/s1. The van der Waals surface area contributed by atoms with Crippen LogP contribution in [0.2, 0.25) is 0 Å². The summed E-state index contributed by atoms with van der Waals surface area (Å²) in [4.78, 5) is 13.4. The first-order valence-corrected chi connectivity index (χ1v) is 6.30. The van der Waals surface area contributed by atoms with E-state index < -0.39 is 5.97 Å². The van der Waals surface area contributed by atoms with E-state index in [4.69, 9.17) is 0 Å². The van der Waals surface area contributed by atoms with Crippen LogP contribution in [0.4, 0.5) is 0 Å². The van der Waals surface area contributed by atoms with E-state index >= 15 is 0 Å². The second kappa shape index (κ2) is 4.72. The summed E-state index contributed by atoms with van der Waals surface area (Å²) in [5.74, 6) is 0.543. The number of carboxylic acids is 1. The second-order valence-corrected chi connectivity index (χ2v) is 5.49. The molecule has 16 heavy (non-hydrogen) atoms. The number of nitrogens with one attached hydrogen (secondary N) is 1. The van der Waals surface area contributed by atoms with Crippen LogP contribution in [0, 0.1) is 11.8 Å². The maximum absolute atomic E-state index is 11.2. The van der Waals surface area contributed by atoms with Gasteiger partial charge in [0.15, 0.2) is 0 Å². The Hall–Kier alpha value is -0.610. The number of rotatable bonds is 2. The molecule has 4 atom stereocenters. The highest BCUT2D eigenvalue weighted by molar-refractivity contribution is 5.74. The maximum atomic E-state index is 11.2. The molecule has 2 rings (SSSR count). The summed E-state index contributed by atoms with van der Waals surface area (Å²) >= 11 is 0. The van der Waals surface area contributed by atoms with Gasteiger partial charge < -0.3 is 10.4 Å². The highest BCUT2D eigenvalue weighted by Gasteiger charge is 2.39. The van der Waals surface area contributed by atoms with Crippen molar-refractivity contribution < 1.29 is 9.90 Å². The number of hydrogen-bond donors (Lipinski definition) is 2. The van der Waals surface area contributed by atoms with Gasteiger partial charge in [-0.25, -0.2) is 0 Å². The fourth-order valence-electron chi connectivity index (χ4n) is 3.00. The molecule has 0 aromatic carbocycles. The molecule has 0 aromatic rings. The number of aliphatic carboxylic acids is 1. The lowest BCUT2D eigenvalue weighted by molar-refractivity contribution is -0.143. The average molecular weight is 226 g/mol. The van der Waals surface area contributed by atoms with Gasteiger partial charge in [-0.15, -0.1) is 0 Å². The molecule has 0 bridgehead atoms. The van der Waals surface area contributed by atoms with E-state index in [9.17, 15) is 9.90 Å². The highest BCUT2D eigenvalue weighted by Crippen LogP contribution is 2.28.